The molecule has 676 valence electrons. The van der Waals surface area contributed by atoms with Gasteiger partial charge in [0, 0.05) is 98.8 Å². The van der Waals surface area contributed by atoms with Gasteiger partial charge in [0.15, 0.2) is 11.6 Å². The van der Waals surface area contributed by atoms with Crippen LogP contribution in [0.4, 0.5) is 0 Å². The van der Waals surface area contributed by atoms with Crippen LogP contribution in [-0.2, 0) is 91.4 Å². The number of rotatable bonds is 29. The quantitative estimate of drug-likeness (QED) is 0.00865. The molecular formula is C94H115Cl4N4O22P. The Morgan fingerprint density at radius 2 is 0.776 bits per heavy atom. The Bertz CT molecular complexity index is 4800. The molecule has 0 aliphatic heterocycles. The van der Waals surface area contributed by atoms with Gasteiger partial charge in [-0.1, -0.05) is 162 Å². The van der Waals surface area contributed by atoms with Crippen molar-refractivity contribution in [1.29, 1.82) is 0 Å². The summed E-state index contributed by atoms with van der Waals surface area (Å²) in [5.74, 6) is -6.00. The van der Waals surface area contributed by atoms with E-state index in [1.807, 2.05) is 95.3 Å². The number of carbonyl (C=O) groups excluding carboxylic acids is 11. The molecule has 0 aliphatic carbocycles. The summed E-state index contributed by atoms with van der Waals surface area (Å²) in [4.78, 5) is 153. The van der Waals surface area contributed by atoms with E-state index in [0.717, 1.165) is 26.9 Å². The first-order valence-corrected chi connectivity index (χ1v) is 42.4. The van der Waals surface area contributed by atoms with Crippen LogP contribution in [-0.4, -0.2) is 161 Å². The minimum absolute atomic E-state index is 0.0110. The van der Waals surface area contributed by atoms with Gasteiger partial charge in [-0.05, 0) is 207 Å². The third-order valence-electron chi connectivity index (χ3n) is 16.8. The summed E-state index contributed by atoms with van der Waals surface area (Å²) in [5, 5.41) is 14.7. The van der Waals surface area contributed by atoms with Crippen molar-refractivity contribution in [2.24, 2.45) is 5.92 Å². The number of Topliss-reactive ketones (excluding diaryl/α,β-unsaturated/α-hetero) is 2. The number of hydrogen-bond donors (Lipinski definition) is 1. The second kappa shape index (κ2) is 57.4. The van der Waals surface area contributed by atoms with Crippen molar-refractivity contribution in [3.8, 4) is 0 Å². The van der Waals surface area contributed by atoms with Gasteiger partial charge in [0.25, 0.3) is 0 Å². The van der Waals surface area contributed by atoms with Gasteiger partial charge in [-0.2, -0.15) is 0 Å². The van der Waals surface area contributed by atoms with E-state index >= 15 is 0 Å². The Kier molecular flexibility index (Phi) is 51.4. The average molecular weight is 1830 g/mol. The Morgan fingerprint density at radius 3 is 1.16 bits per heavy atom. The van der Waals surface area contributed by atoms with Crippen LogP contribution in [0.1, 0.15) is 199 Å². The zero-order valence-corrected chi connectivity index (χ0v) is 78.6. The Morgan fingerprint density at radius 1 is 0.416 bits per heavy atom. The SMILES string of the molecule is C/C(=C\CCC(=O)c1cc(Cl)ccn1)C(=O)O.CC(C)(C)OC(=O)CCC=O.COC(=O)/C(C)=C/CC(C(=O)OC(C)(C)C)C(=O)c1cc(Cl)ccn1.COC(=O)/C(C)=C/CCC(=O)OC(C)(C)C.COC(=O)/C(C)=C/CCC(C)(OC)c1cc(Cl)ccn1.COC(=O)C(C)=P(c1ccccc1)(c1ccccc1)c1ccccc1.COC(=O)c1cc(Cl)ccn1. The maximum atomic E-state index is 12.7. The van der Waals surface area contributed by atoms with Gasteiger partial charge in [-0.15, -0.1) is 0 Å². The van der Waals surface area contributed by atoms with E-state index in [1.54, 1.807) is 106 Å². The monoisotopic (exact) mass is 1820 g/mol. The Labute approximate surface area is 753 Å². The lowest BCUT2D eigenvalue weighted by atomic mass is 9.94. The van der Waals surface area contributed by atoms with Crippen molar-refractivity contribution in [2.45, 2.75) is 184 Å². The normalized spacial score (nSPS) is 12.0. The summed E-state index contributed by atoms with van der Waals surface area (Å²) < 4.78 is 44.3. The van der Waals surface area contributed by atoms with Crippen molar-refractivity contribution in [3.63, 3.8) is 0 Å². The van der Waals surface area contributed by atoms with E-state index in [2.05, 4.69) is 75.3 Å². The number of ketones is 2. The zero-order chi connectivity index (χ0) is 94.8. The summed E-state index contributed by atoms with van der Waals surface area (Å²) in [6.45, 7) is 24.0. The minimum Gasteiger partial charge on any atom is -0.478 e. The summed E-state index contributed by atoms with van der Waals surface area (Å²) in [6, 6.07) is 43.4. The molecule has 0 bridgehead atoms. The van der Waals surface area contributed by atoms with Crippen molar-refractivity contribution in [1.82, 2.24) is 19.9 Å². The van der Waals surface area contributed by atoms with Crippen LogP contribution in [0.15, 0.2) is 211 Å². The first kappa shape index (κ1) is 112. The van der Waals surface area contributed by atoms with Crippen molar-refractivity contribution in [3.05, 3.63) is 254 Å². The van der Waals surface area contributed by atoms with Crippen LogP contribution >= 0.6 is 53.3 Å². The average Bonchev–Trinajstić information content (AvgIpc) is 0.738. The van der Waals surface area contributed by atoms with E-state index in [9.17, 15) is 57.5 Å². The summed E-state index contributed by atoms with van der Waals surface area (Å²) >= 11 is 23.2. The number of benzene rings is 3. The van der Waals surface area contributed by atoms with Gasteiger partial charge >= 0.3 is 53.7 Å². The molecule has 0 fully saturated rings. The van der Waals surface area contributed by atoms with Crippen LogP contribution in [0.3, 0.4) is 0 Å². The fraction of sp³-hybridized carbons (Fsp3) is 0.372. The molecule has 2 atom stereocenters. The number of aromatic nitrogens is 4. The second-order valence-electron chi connectivity index (χ2n) is 30.1. The molecule has 0 saturated heterocycles. The number of methoxy groups -OCH3 is 6. The first-order valence-electron chi connectivity index (χ1n) is 39.1. The maximum Gasteiger partial charge on any atom is 0.356 e. The lowest BCUT2D eigenvalue weighted by Crippen LogP contribution is -2.33. The molecule has 7 aromatic rings. The van der Waals surface area contributed by atoms with E-state index in [1.165, 1.54) is 97.5 Å². The number of ether oxygens (including phenoxy) is 9. The maximum absolute atomic E-state index is 12.7. The third kappa shape index (κ3) is 43.4. The van der Waals surface area contributed by atoms with Crippen molar-refractivity contribution < 1.29 is 105 Å². The second-order valence-corrected chi connectivity index (χ2v) is 35.4. The van der Waals surface area contributed by atoms with Gasteiger partial charge in [0.2, 0.25) is 0 Å². The number of nitrogens with zero attached hydrogens (tertiary/aromatic N) is 4. The van der Waals surface area contributed by atoms with E-state index in [-0.39, 0.29) is 84.7 Å². The molecule has 0 aliphatic rings. The zero-order valence-electron chi connectivity index (χ0n) is 74.7. The van der Waals surface area contributed by atoms with Crippen LogP contribution in [0.25, 0.3) is 0 Å². The number of esters is 8. The Hall–Kier alpha value is -11.1. The van der Waals surface area contributed by atoms with E-state index < -0.39 is 64.9 Å². The molecule has 2 unspecified atom stereocenters. The molecule has 0 spiro atoms. The number of aliphatic carboxylic acids is 1. The predicted molar refractivity (Wildman–Crippen MR) is 487 cm³/mol. The van der Waals surface area contributed by atoms with Crippen molar-refractivity contribution >= 4 is 146 Å². The smallest absolute Gasteiger partial charge is 0.356 e. The van der Waals surface area contributed by atoms with Crippen LogP contribution in [0.2, 0.25) is 20.1 Å². The third-order valence-corrected chi connectivity index (χ3v) is 22.1. The topological polar surface area (TPSA) is 360 Å². The van der Waals surface area contributed by atoms with Crippen LogP contribution < -0.4 is 15.9 Å². The number of pyridine rings is 4. The first-order chi connectivity index (χ1) is 58.6. The standard InChI is InChI=1S/C22H21O2P.C18H22ClNO5.C15H20ClNO3.C12H12ClNO3.C12H20O4.C8H14O3.C7H6ClNO2/c1-18(22(23)24-2)25(19-12-6-3-7-13-19,20-14-8-4-9-15-20)21-16-10-5-11-17-21;1-11(16(22)24-5)6-7-13(17(23)25-18(2,3)4)15(21)14-10-12(19)8-9-20-14;1-11(14(18)19-3)6-5-8-15(2,20-4)13-10-12(16)7-9-17-13;1-8(12(16)17)3-2-4-11(15)10-7-9(13)5-6-14-10;1-9(11(14)15-5)7-6-8-10(13)16-12(2,3)4;1-8(2,3)11-7(10)5-4-6-9;1-11-7(10)6-4-5(8)2-3-9-6/h3-17H,1-2H3;6,8-10,13H,7H2,1-5H3;6-7,9-10H,5,8H2,1-4H3;3,5-7H,2,4H2,1H3,(H,16,17);7H,6,8H2,1-5H3;6H,4-5H2,1-3H3;2-4H,1H3/b;2*11-6+;8-3+;9-7+;;. The molecule has 4 heterocycles. The lowest BCUT2D eigenvalue weighted by molar-refractivity contribution is -0.158. The number of halogens is 4. The number of carboxylic acids is 1. The molecule has 125 heavy (non-hydrogen) atoms. The summed E-state index contributed by atoms with van der Waals surface area (Å²) in [6.07, 6.45) is 16.3. The summed E-state index contributed by atoms with van der Waals surface area (Å²) in [5.41, 5.74) is 0.785. The number of hydrogen-bond acceptors (Lipinski definition) is 25. The van der Waals surface area contributed by atoms with Crippen LogP contribution in [0.5, 0.6) is 0 Å². The molecule has 0 saturated carbocycles. The molecule has 3 aromatic carbocycles. The number of allylic oxidation sites excluding steroid dienone is 4. The van der Waals surface area contributed by atoms with E-state index in [4.69, 9.17) is 75.2 Å². The number of aldehydes is 1. The van der Waals surface area contributed by atoms with Gasteiger partial charge < -0.3 is 52.5 Å². The van der Waals surface area contributed by atoms with Gasteiger partial charge in [0.05, 0.1) is 47.7 Å². The van der Waals surface area contributed by atoms with Crippen LogP contribution in [0, 0.1) is 5.92 Å². The molecule has 1 N–H and O–H groups in total. The highest BCUT2D eigenvalue weighted by Crippen LogP contribution is 2.46. The highest BCUT2D eigenvalue weighted by molar-refractivity contribution is 7.96. The Balaban J connectivity index is 0.000000744. The molecule has 26 nitrogen and oxygen atoms in total. The number of carbonyl (C=O) groups is 12. The molecule has 0 radical (unpaired) electrons. The number of carboxylic acid groups (broad SMARTS) is 1. The molecule has 0 amide bonds. The highest BCUT2D eigenvalue weighted by atomic mass is 35.5. The molecule has 31 heteroatoms. The van der Waals surface area contributed by atoms with Crippen molar-refractivity contribution in [2.75, 3.05) is 42.7 Å². The fourth-order valence-corrected chi connectivity index (χ4v) is 15.4. The minimum atomic E-state index is -2.27. The van der Waals surface area contributed by atoms with Gasteiger partial charge in [0.1, 0.15) is 51.7 Å². The fourth-order valence-electron chi connectivity index (χ4n) is 10.5. The molecule has 7 rings (SSSR count). The van der Waals surface area contributed by atoms with Gasteiger partial charge in [-0.3, -0.25) is 38.9 Å². The lowest BCUT2D eigenvalue weighted by Gasteiger charge is -2.30. The van der Waals surface area contributed by atoms with E-state index in [0.29, 0.717) is 74.5 Å². The summed E-state index contributed by atoms with van der Waals surface area (Å²) in [7, 11) is 8.33. The molecular weight excluding hydrogens is 1710 g/mol. The van der Waals surface area contributed by atoms with Gasteiger partial charge in [-0.25, -0.2) is 33.8 Å². The predicted octanol–water partition coefficient (Wildman–Crippen LogP) is 18.0. The largest absolute Gasteiger partial charge is 0.478 e. The molecule has 4 aromatic heterocycles. The highest BCUT2D eigenvalue weighted by Gasteiger charge is 2.34.